The van der Waals surface area contributed by atoms with E-state index in [4.69, 9.17) is 4.74 Å². The minimum atomic E-state index is -3.98. The van der Waals surface area contributed by atoms with Gasteiger partial charge >= 0.3 is 6.03 Å². The number of nitrogens with one attached hydrogen (secondary N) is 2. The normalized spacial score (nSPS) is 11.1. The summed E-state index contributed by atoms with van der Waals surface area (Å²) in [4.78, 5) is 18.2. The number of amides is 2. The van der Waals surface area contributed by atoms with E-state index >= 15 is 0 Å². The van der Waals surface area contributed by atoms with Gasteiger partial charge in [0.15, 0.2) is 5.82 Å². The maximum absolute atomic E-state index is 13.7. The number of nitrogens with zero attached hydrogens (tertiary/aromatic N) is 3. The smallest absolute Gasteiger partial charge is 0.327 e. The lowest BCUT2D eigenvalue weighted by atomic mass is 10.0. The van der Waals surface area contributed by atoms with Gasteiger partial charge in [0.1, 0.15) is 28.5 Å². The summed E-state index contributed by atoms with van der Waals surface area (Å²) < 4.78 is 51.3. The molecule has 2 aromatic heterocycles. The fourth-order valence-corrected chi connectivity index (χ4v) is 4.38. The van der Waals surface area contributed by atoms with Crippen molar-refractivity contribution < 1.29 is 26.9 Å². The highest BCUT2D eigenvalue weighted by molar-refractivity contribution is 7.92. The summed E-state index contributed by atoms with van der Waals surface area (Å²) in [5.74, 6) is 0.218. The largest absolute Gasteiger partial charge is 0.495 e. The molecular formula is C24H22FN5O5S. The molecule has 0 aliphatic carbocycles. The molecule has 0 spiro atoms. The molecule has 2 aromatic carbocycles. The first-order valence-electron chi connectivity index (χ1n) is 10.6. The van der Waals surface area contributed by atoms with Gasteiger partial charge in [0.2, 0.25) is 0 Å². The number of halogens is 1. The first-order valence-corrected chi connectivity index (χ1v) is 12.1. The van der Waals surface area contributed by atoms with Crippen molar-refractivity contribution in [2.24, 2.45) is 0 Å². The Hall–Kier alpha value is -4.45. The third-order valence-corrected chi connectivity index (χ3v) is 6.61. The molecule has 4 aromatic rings. The second kappa shape index (κ2) is 10.0. The molecule has 186 valence electrons. The summed E-state index contributed by atoms with van der Waals surface area (Å²) in [5, 5.41) is 6.07. The van der Waals surface area contributed by atoms with Crippen LogP contribution in [0, 0.1) is 12.7 Å². The number of anilines is 3. The van der Waals surface area contributed by atoms with Crippen LogP contribution in [-0.2, 0) is 10.0 Å². The van der Waals surface area contributed by atoms with E-state index in [1.54, 1.807) is 37.3 Å². The van der Waals surface area contributed by atoms with Crippen molar-refractivity contribution in [2.75, 3.05) is 23.8 Å². The van der Waals surface area contributed by atoms with Gasteiger partial charge in [0, 0.05) is 19.3 Å². The van der Waals surface area contributed by atoms with Gasteiger partial charge in [-0.05, 0) is 60.0 Å². The lowest BCUT2D eigenvalue weighted by Crippen LogP contribution is -2.35. The van der Waals surface area contributed by atoms with Crippen molar-refractivity contribution in [3.05, 3.63) is 78.4 Å². The monoisotopic (exact) mass is 511 g/mol. The minimum Gasteiger partial charge on any atom is -0.495 e. The second-order valence-electron chi connectivity index (χ2n) is 7.58. The summed E-state index contributed by atoms with van der Waals surface area (Å²) in [7, 11) is -1.06. The topological polar surface area (TPSA) is 127 Å². The number of sulfonamides is 1. The van der Waals surface area contributed by atoms with Crippen LogP contribution in [0.4, 0.5) is 26.5 Å². The number of carbonyl (C=O) groups excluding carboxylic acids is 1. The van der Waals surface area contributed by atoms with Crippen LogP contribution in [0.25, 0.3) is 11.1 Å². The number of ether oxygens (including phenoxy) is 1. The van der Waals surface area contributed by atoms with E-state index in [2.05, 4.69) is 24.7 Å². The Morgan fingerprint density at radius 3 is 2.44 bits per heavy atom. The minimum absolute atomic E-state index is 0.0206. The Bertz CT molecular complexity index is 1490. The van der Waals surface area contributed by atoms with Crippen LogP contribution in [0.15, 0.2) is 76.5 Å². The summed E-state index contributed by atoms with van der Waals surface area (Å²) in [6.45, 7) is 1.68. The molecule has 0 atom stereocenters. The molecule has 36 heavy (non-hydrogen) atoms. The number of carbonyl (C=O) groups is 1. The van der Waals surface area contributed by atoms with Crippen LogP contribution < -0.4 is 19.7 Å². The Morgan fingerprint density at radius 2 is 1.83 bits per heavy atom. The number of hydrogen-bond acceptors (Lipinski definition) is 7. The molecule has 0 radical (unpaired) electrons. The van der Waals surface area contributed by atoms with Crippen LogP contribution in [0.5, 0.6) is 5.75 Å². The van der Waals surface area contributed by atoms with Gasteiger partial charge in [0.05, 0.1) is 12.8 Å². The summed E-state index contributed by atoms with van der Waals surface area (Å²) in [6, 6.07) is 13.4. The van der Waals surface area contributed by atoms with Crippen molar-refractivity contribution in [1.82, 2.24) is 15.5 Å². The fourth-order valence-electron chi connectivity index (χ4n) is 3.44. The van der Waals surface area contributed by atoms with E-state index in [1.807, 2.05) is 0 Å². The highest BCUT2D eigenvalue weighted by Crippen LogP contribution is 2.37. The van der Waals surface area contributed by atoms with E-state index in [-0.39, 0.29) is 22.3 Å². The first-order chi connectivity index (χ1) is 17.2. The number of methoxy groups -OCH3 is 1. The van der Waals surface area contributed by atoms with Crippen LogP contribution in [0.2, 0.25) is 0 Å². The Morgan fingerprint density at radius 1 is 1.08 bits per heavy atom. The van der Waals surface area contributed by atoms with Gasteiger partial charge in [0.25, 0.3) is 10.0 Å². The van der Waals surface area contributed by atoms with Crippen LogP contribution >= 0.6 is 0 Å². The second-order valence-corrected chi connectivity index (χ2v) is 9.27. The van der Waals surface area contributed by atoms with Crippen LogP contribution in [-0.4, -0.2) is 38.7 Å². The highest BCUT2D eigenvalue weighted by Gasteiger charge is 2.24. The number of urea groups is 1. The third kappa shape index (κ3) is 4.98. The Balaban J connectivity index is 1.70. The lowest BCUT2D eigenvalue weighted by molar-refractivity contribution is 0.250. The molecule has 12 heteroatoms. The SMILES string of the molecule is CNC(=O)N(c1ccc(S(=O)(=O)Nc2ccon2)cn1)c1ccc(-c2ccc(F)c(C)c2)cc1OC. The van der Waals surface area contributed by atoms with E-state index in [0.29, 0.717) is 17.0 Å². The van der Waals surface area contributed by atoms with Crippen molar-refractivity contribution in [3.63, 3.8) is 0 Å². The number of hydrogen-bond donors (Lipinski definition) is 2. The van der Waals surface area contributed by atoms with E-state index in [1.165, 1.54) is 49.6 Å². The molecule has 0 fully saturated rings. The predicted octanol–water partition coefficient (Wildman–Crippen LogP) is 4.47. The van der Waals surface area contributed by atoms with E-state index in [9.17, 15) is 17.6 Å². The molecule has 0 aliphatic heterocycles. The summed E-state index contributed by atoms with van der Waals surface area (Å²) in [6.07, 6.45) is 2.35. The third-order valence-electron chi connectivity index (χ3n) is 5.27. The molecule has 2 amide bonds. The van der Waals surface area contributed by atoms with Crippen molar-refractivity contribution in [1.29, 1.82) is 0 Å². The summed E-state index contributed by atoms with van der Waals surface area (Å²) >= 11 is 0. The van der Waals surface area contributed by atoms with Crippen LogP contribution in [0.1, 0.15) is 5.56 Å². The molecule has 0 saturated heterocycles. The first kappa shape index (κ1) is 24.7. The number of rotatable bonds is 7. The lowest BCUT2D eigenvalue weighted by Gasteiger charge is -2.24. The maximum Gasteiger partial charge on any atom is 0.327 e. The molecule has 2 N–H and O–H groups in total. The molecule has 0 saturated carbocycles. The molecule has 2 heterocycles. The maximum atomic E-state index is 13.7. The van der Waals surface area contributed by atoms with E-state index < -0.39 is 16.1 Å². The van der Waals surface area contributed by atoms with Crippen molar-refractivity contribution in [3.8, 4) is 16.9 Å². The molecule has 0 unspecified atom stereocenters. The van der Waals surface area contributed by atoms with Crippen LogP contribution in [0.3, 0.4) is 0 Å². The standard InChI is InChI=1S/C24H22FN5O5S/c1-15-12-16(4-7-19(15)25)17-5-8-20(21(13-17)34-3)30(24(31)26-2)23-9-6-18(14-27-23)36(32,33)29-22-10-11-35-28-22/h4-14H,1-3H3,(H,26,31)(H,28,29). The fraction of sp³-hybridized carbons (Fsp3) is 0.125. The molecule has 0 aliphatic rings. The van der Waals surface area contributed by atoms with Gasteiger partial charge in [-0.2, -0.15) is 0 Å². The zero-order valence-corrected chi connectivity index (χ0v) is 20.3. The van der Waals surface area contributed by atoms with Gasteiger partial charge in [-0.3, -0.25) is 4.72 Å². The average Bonchev–Trinajstić information content (AvgIpc) is 3.38. The predicted molar refractivity (Wildman–Crippen MR) is 131 cm³/mol. The molecule has 10 nitrogen and oxygen atoms in total. The number of aryl methyl sites for hydroxylation is 1. The van der Waals surface area contributed by atoms with Gasteiger partial charge < -0.3 is 14.6 Å². The quantitative estimate of drug-likeness (QED) is 0.375. The van der Waals surface area contributed by atoms with Crippen molar-refractivity contribution >= 4 is 33.4 Å². The molecule has 0 bridgehead atoms. The number of aromatic nitrogens is 2. The average molecular weight is 512 g/mol. The summed E-state index contributed by atoms with van der Waals surface area (Å²) in [5.41, 5.74) is 2.39. The van der Waals surface area contributed by atoms with Gasteiger partial charge in [-0.25, -0.2) is 27.5 Å². The number of pyridine rings is 1. The number of benzene rings is 2. The zero-order valence-electron chi connectivity index (χ0n) is 19.5. The highest BCUT2D eigenvalue weighted by atomic mass is 32.2. The van der Waals surface area contributed by atoms with E-state index in [0.717, 1.165) is 17.3 Å². The molecular weight excluding hydrogens is 489 g/mol. The van der Waals surface area contributed by atoms with Crippen molar-refractivity contribution in [2.45, 2.75) is 11.8 Å². The van der Waals surface area contributed by atoms with Gasteiger partial charge in [-0.1, -0.05) is 17.3 Å². The zero-order chi connectivity index (χ0) is 25.9. The Labute approximate surface area is 206 Å². The molecule has 4 rings (SSSR count). The Kier molecular flexibility index (Phi) is 6.88. The van der Waals surface area contributed by atoms with Gasteiger partial charge in [-0.15, -0.1) is 0 Å².